The van der Waals surface area contributed by atoms with Gasteiger partial charge in [0.25, 0.3) is 0 Å². The Morgan fingerprint density at radius 1 is 0.631 bits per heavy atom. The van der Waals surface area contributed by atoms with Crippen molar-refractivity contribution in [3.63, 3.8) is 0 Å². The number of nitrogens with two attached hydrogens (primary N) is 5. The molecule has 0 spiro atoms. The van der Waals surface area contributed by atoms with E-state index in [9.17, 15) is 43.5 Å². The van der Waals surface area contributed by atoms with Gasteiger partial charge in [-0.2, -0.15) is 0 Å². The maximum atomic E-state index is 15.5. The Hall–Kier alpha value is -10.6. The Morgan fingerprint density at radius 2 is 1.23 bits per heavy atom. The second-order valence-electron chi connectivity index (χ2n) is 25.1. The van der Waals surface area contributed by atoms with E-state index in [1.807, 2.05) is 60.7 Å². The third-order valence-electron chi connectivity index (χ3n) is 17.3. The predicted molar refractivity (Wildman–Crippen MR) is 394 cm³/mol. The van der Waals surface area contributed by atoms with E-state index < -0.39 is 125 Å². The molecule has 21 N–H and O–H groups in total. The molecule has 6 aromatic rings. The number of para-hydroxylation sites is 1. The number of nitrogens with one attached hydrogen (secondary N) is 10. The summed E-state index contributed by atoms with van der Waals surface area (Å²) >= 11 is 6.30. The number of aromatic amines is 1. The summed E-state index contributed by atoms with van der Waals surface area (Å²) in [5.74, 6) is -9.77. The van der Waals surface area contributed by atoms with Crippen LogP contribution in [0.2, 0.25) is 5.02 Å². The summed E-state index contributed by atoms with van der Waals surface area (Å²) in [5.41, 5.74) is 30.9. The van der Waals surface area contributed by atoms with Crippen molar-refractivity contribution >= 4 is 132 Å². The number of halogens is 1. The van der Waals surface area contributed by atoms with Gasteiger partial charge in [-0.3, -0.25) is 62.7 Å². The Morgan fingerprint density at radius 3 is 1.92 bits per heavy atom. The third kappa shape index (κ3) is 23.5. The summed E-state index contributed by atoms with van der Waals surface area (Å²) < 4.78 is 0. The Bertz CT molecular complexity index is 4100. The largest absolute Gasteiger partial charge is 0.508 e. The molecule has 2 saturated heterocycles. The van der Waals surface area contributed by atoms with E-state index in [-0.39, 0.29) is 107 Å². The normalized spacial score (nSPS) is 18.7. The Balaban J connectivity index is 1.13. The number of likely N-dealkylation sites (tertiary alicyclic amines) is 1. The SMILES string of the molecule is CC(=O)N[C@H](Cc1ccc2ccccc2c1)C(=O)N[C@@H](Cc1ccc(Cl)cc1)C(=O)N[C@H](Cc1c[nH]c2ccccc12)C(=O)N[C@H]1CSSC[C@@H](C(=O)N[C@@H](CCCN=C(N)N)C(=O)N2CCC[C@@H]2C(=O)N[C@@H](C)C(N)=O)NC(=O)[C@H](CCCN=C(N)N)NC(=O)[C@H](Cc2ccc(O)cc2)NC1=O. The fourth-order valence-electron chi connectivity index (χ4n) is 11.8. The fraction of sp³-hybridized carbons (Fsp3) is 0.386. The molecule has 103 heavy (non-hydrogen) atoms. The van der Waals surface area contributed by atoms with E-state index in [4.69, 9.17) is 40.3 Å². The van der Waals surface area contributed by atoms with Crippen LogP contribution < -0.4 is 76.5 Å². The van der Waals surface area contributed by atoms with Gasteiger partial charge in [0.2, 0.25) is 65.0 Å². The highest BCUT2D eigenvalue weighted by atomic mass is 35.5. The van der Waals surface area contributed by atoms with Crippen molar-refractivity contribution in [2.45, 2.75) is 138 Å². The van der Waals surface area contributed by atoms with E-state index in [1.54, 1.807) is 36.5 Å². The van der Waals surface area contributed by atoms with Gasteiger partial charge < -0.3 is 91.5 Å². The molecule has 30 nitrogen and oxygen atoms in total. The van der Waals surface area contributed by atoms with Crippen LogP contribution in [0, 0.1) is 0 Å². The zero-order valence-corrected chi connectivity index (χ0v) is 59.2. The van der Waals surface area contributed by atoms with Crippen molar-refractivity contribution in [3.8, 4) is 5.75 Å². The minimum absolute atomic E-state index is 0.000742. The quantitative estimate of drug-likeness (QED) is 0.0130. The van der Waals surface area contributed by atoms with E-state index in [0.717, 1.165) is 32.4 Å². The minimum atomic E-state index is -1.55. The summed E-state index contributed by atoms with van der Waals surface area (Å²) in [7, 11) is 1.98. The highest BCUT2D eigenvalue weighted by Gasteiger charge is 2.41. The number of nitrogens with zero attached hydrogens (tertiary/aromatic N) is 3. The zero-order chi connectivity index (χ0) is 74.3. The maximum absolute atomic E-state index is 15.5. The number of benzene rings is 5. The number of rotatable bonds is 29. The van der Waals surface area contributed by atoms with Crippen molar-refractivity contribution in [2.75, 3.05) is 31.1 Å². The van der Waals surface area contributed by atoms with Crippen LogP contribution >= 0.6 is 33.2 Å². The van der Waals surface area contributed by atoms with Crippen LogP contribution in [0.25, 0.3) is 21.7 Å². The lowest BCUT2D eigenvalue weighted by molar-refractivity contribution is -0.142. The van der Waals surface area contributed by atoms with Crippen molar-refractivity contribution in [1.29, 1.82) is 0 Å². The monoisotopic (exact) mass is 1470 g/mol. The number of primary amides is 1. The van der Waals surface area contributed by atoms with Gasteiger partial charge in [-0.25, -0.2) is 0 Å². The number of amides is 11. The van der Waals surface area contributed by atoms with Crippen LogP contribution in [0.4, 0.5) is 0 Å². The second kappa shape index (κ2) is 37.9. The summed E-state index contributed by atoms with van der Waals surface area (Å²) in [6, 6.07) is 19.3. The van der Waals surface area contributed by atoms with Crippen molar-refractivity contribution in [2.24, 2.45) is 38.7 Å². The fourth-order valence-corrected chi connectivity index (χ4v) is 14.3. The number of hydrogen-bond donors (Lipinski definition) is 16. The summed E-state index contributed by atoms with van der Waals surface area (Å²) in [6.45, 7) is 2.79. The molecule has 8 rings (SSSR count). The zero-order valence-electron chi connectivity index (χ0n) is 56.8. The predicted octanol–water partition coefficient (Wildman–Crippen LogP) is 0.332. The molecule has 0 radical (unpaired) electrons. The standard InChI is InChI=1S/C70H87ClN18O12S2/c1-38(59(72)92)80-67(100)58-16-9-29-89(58)68(101)51(15-8-28-78-70(75)76)83-65(98)56-36-102-103-37-57(66(99)85-53(32-41-20-25-47(91)26-21-41)62(95)82-50(60(93)87-56)14-7-27-77-69(73)74)88-64(97)55(34-45-35-79-49-13-6-5-12-48(45)49)86-63(96)54(31-40-18-23-46(71)24-19-40)84-61(94)52(81-39(2)90)33-42-17-22-43-10-3-4-11-44(43)30-42/h3-6,10-13,17-26,30,35,38,50-58,79,91H,7-9,14-16,27-29,31-34,36-37H2,1-2H3,(H2,72,92)(H,80,100)(H,81,90)(H,82,95)(H,83,98)(H,84,94)(H,85,99)(H,86,96)(H,87,93)(H,88,97)(H4,73,74,77)(H4,75,76,78)/t38-,50-,51-,52+,53-,54-,55+,56-,57-,58+/m0/s1. The van der Waals surface area contributed by atoms with Gasteiger partial charge in [0.05, 0.1) is 0 Å². The van der Waals surface area contributed by atoms with E-state index in [0.29, 0.717) is 44.6 Å². The molecular weight excluding hydrogens is 1380 g/mol. The number of fused-ring (bicyclic) bond motifs is 2. The van der Waals surface area contributed by atoms with Crippen LogP contribution in [0.15, 0.2) is 131 Å². The number of hydrogen-bond acceptors (Lipinski definition) is 16. The number of carbonyl (C=O) groups is 11. The molecule has 5 aromatic carbocycles. The summed E-state index contributed by atoms with van der Waals surface area (Å²) in [6.07, 6.45) is 1.80. The van der Waals surface area contributed by atoms with Crippen LogP contribution in [0.5, 0.6) is 5.75 Å². The Kier molecular flexibility index (Phi) is 28.7. The molecule has 0 saturated carbocycles. The second-order valence-corrected chi connectivity index (χ2v) is 28.1. The van der Waals surface area contributed by atoms with Gasteiger partial charge in [-0.05, 0) is 109 Å². The smallest absolute Gasteiger partial charge is 0.245 e. The highest BCUT2D eigenvalue weighted by Crippen LogP contribution is 2.27. The lowest BCUT2D eigenvalue weighted by Crippen LogP contribution is -2.62. The first-order valence-electron chi connectivity index (χ1n) is 33.5. The number of aromatic nitrogens is 1. The number of aromatic hydroxyl groups is 1. The molecule has 33 heteroatoms. The average molecular weight is 1470 g/mol. The van der Waals surface area contributed by atoms with Crippen molar-refractivity contribution < 1.29 is 57.8 Å². The molecule has 0 aliphatic carbocycles. The molecule has 2 fully saturated rings. The van der Waals surface area contributed by atoms with Crippen LogP contribution in [0.3, 0.4) is 0 Å². The van der Waals surface area contributed by atoms with Gasteiger partial charge >= 0.3 is 0 Å². The van der Waals surface area contributed by atoms with Crippen molar-refractivity contribution in [3.05, 3.63) is 149 Å². The first-order chi connectivity index (χ1) is 49.3. The van der Waals surface area contributed by atoms with E-state index in [2.05, 4.69) is 62.8 Å². The highest BCUT2D eigenvalue weighted by molar-refractivity contribution is 8.76. The molecule has 2 aliphatic heterocycles. The number of phenols is 1. The number of guanidine groups is 2. The third-order valence-corrected chi connectivity index (χ3v) is 19.9. The molecule has 0 unspecified atom stereocenters. The van der Waals surface area contributed by atoms with Crippen molar-refractivity contribution in [1.82, 2.24) is 57.7 Å². The van der Waals surface area contributed by atoms with Gasteiger partial charge in [0, 0.05) is 85.9 Å². The number of H-pyrrole nitrogens is 1. The number of phenolic OH excluding ortho intramolecular Hbond substituents is 1. The molecule has 2 aliphatic rings. The molecule has 3 heterocycles. The average Bonchev–Trinajstić information content (AvgIpc) is 1.67. The molecule has 11 amide bonds. The first kappa shape index (κ1) is 78.1. The first-order valence-corrected chi connectivity index (χ1v) is 36.4. The van der Waals surface area contributed by atoms with E-state index >= 15 is 14.4 Å². The van der Waals surface area contributed by atoms with Crippen LogP contribution in [-0.2, 0) is 78.4 Å². The maximum Gasteiger partial charge on any atom is 0.245 e. The lowest BCUT2D eigenvalue weighted by Gasteiger charge is -2.31. The van der Waals surface area contributed by atoms with Gasteiger partial charge in [-0.15, -0.1) is 0 Å². The molecule has 548 valence electrons. The minimum Gasteiger partial charge on any atom is -0.508 e. The van der Waals surface area contributed by atoms with E-state index in [1.165, 1.54) is 43.0 Å². The molecular formula is C70H87ClN18O12S2. The Labute approximate surface area is 606 Å². The molecule has 1 aromatic heterocycles. The molecule has 0 bridgehead atoms. The number of carbonyl (C=O) groups excluding carboxylic acids is 11. The summed E-state index contributed by atoms with van der Waals surface area (Å²) in [5, 5.41) is 38.0. The lowest BCUT2D eigenvalue weighted by atomic mass is 9.99. The van der Waals surface area contributed by atoms with Crippen LogP contribution in [0.1, 0.15) is 74.6 Å². The van der Waals surface area contributed by atoms with Gasteiger partial charge in [0.1, 0.15) is 66.2 Å². The summed E-state index contributed by atoms with van der Waals surface area (Å²) in [4.78, 5) is 171. The topological polar surface area (TPSA) is 490 Å². The molecule has 10 atom stereocenters. The number of aliphatic imine (C=N–C) groups is 2. The van der Waals surface area contributed by atoms with Gasteiger partial charge in [0.15, 0.2) is 11.9 Å². The van der Waals surface area contributed by atoms with Crippen LogP contribution in [-0.4, -0.2) is 183 Å². The van der Waals surface area contributed by atoms with Gasteiger partial charge in [-0.1, -0.05) is 118 Å².